The molecule has 0 aliphatic heterocycles. The Hall–Kier alpha value is -5.75. The number of nitrogens with zero attached hydrogens (tertiary/aromatic N) is 6. The first-order valence-corrected chi connectivity index (χ1v) is 16.0. The third-order valence-corrected chi connectivity index (χ3v) is 8.14. The highest BCUT2D eigenvalue weighted by atomic mass is 79.9. The SMILES string of the molecule is Brc1cn2c(Br)cnc2cn1.C.NC(=O)c1ccc(-c2cn3c(-c4ccc(C(N)=O)cc4)cnc3cn2)cc1.NC(=O)c1ccc(B(O)O)cc1. The van der Waals surface area contributed by atoms with Gasteiger partial charge in [0, 0.05) is 40.2 Å². The van der Waals surface area contributed by atoms with Gasteiger partial charge in [0.1, 0.15) is 9.21 Å². The van der Waals surface area contributed by atoms with Gasteiger partial charge in [0.05, 0.1) is 36.2 Å². The fourth-order valence-corrected chi connectivity index (χ4v) is 5.21. The minimum Gasteiger partial charge on any atom is -0.423 e. The number of hydrogen-bond acceptors (Lipinski definition) is 9. The van der Waals surface area contributed by atoms with Gasteiger partial charge in [-0.25, -0.2) is 15.0 Å². The van der Waals surface area contributed by atoms with E-state index >= 15 is 0 Å². The lowest BCUT2D eigenvalue weighted by atomic mass is 9.80. The van der Waals surface area contributed by atoms with Gasteiger partial charge < -0.3 is 27.2 Å². The Morgan fingerprint density at radius 2 is 1.06 bits per heavy atom. The summed E-state index contributed by atoms with van der Waals surface area (Å²) in [6.45, 7) is 0. The van der Waals surface area contributed by atoms with Crippen molar-refractivity contribution in [3.63, 3.8) is 0 Å². The minimum absolute atomic E-state index is 0. The van der Waals surface area contributed by atoms with Gasteiger partial charge in [-0.2, -0.15) is 0 Å². The standard InChI is InChI=1S/C20H15N5O2.C7H8BNO3.C6H3Br2N3.CH4/c21-19(26)14-5-1-12(2-6-14)16-11-25-17(9-24-18(25)10-23-16)13-3-7-15(8-4-13)20(22)27;9-7(10)5-1-3-6(4-2-5)8(11)12;7-4-3-11-5(8)1-10-6(11)2-9-4;/h1-11H,(H2,21,26)(H2,22,27);1-4,11-12H,(H2,9,10);1-3H;1H4. The molecular formula is C34H30BBr2N9O5. The lowest BCUT2D eigenvalue weighted by Crippen LogP contribution is -2.29. The number of hydrogen-bond donors (Lipinski definition) is 5. The molecule has 17 heteroatoms. The molecule has 0 unspecified atom stereocenters. The van der Waals surface area contributed by atoms with Crippen molar-refractivity contribution < 1.29 is 24.4 Å². The zero-order valence-electron chi connectivity index (χ0n) is 25.8. The van der Waals surface area contributed by atoms with Gasteiger partial charge in [-0.1, -0.05) is 43.8 Å². The van der Waals surface area contributed by atoms with E-state index in [0.29, 0.717) is 27.8 Å². The summed E-state index contributed by atoms with van der Waals surface area (Å²) in [6, 6.07) is 19.7. The van der Waals surface area contributed by atoms with Crippen LogP contribution in [-0.4, -0.2) is 63.6 Å². The summed E-state index contributed by atoms with van der Waals surface area (Å²) < 4.78 is 5.54. The third-order valence-electron chi connectivity index (χ3n) is 7.14. The second kappa shape index (κ2) is 16.8. The molecule has 0 atom stereocenters. The number of halogens is 2. The number of rotatable bonds is 6. The van der Waals surface area contributed by atoms with E-state index in [-0.39, 0.29) is 7.43 Å². The molecule has 0 spiro atoms. The van der Waals surface area contributed by atoms with E-state index < -0.39 is 24.8 Å². The smallest absolute Gasteiger partial charge is 0.423 e. The van der Waals surface area contributed by atoms with Crippen LogP contribution in [0.1, 0.15) is 38.5 Å². The van der Waals surface area contributed by atoms with Crippen molar-refractivity contribution >= 4 is 73.5 Å². The van der Waals surface area contributed by atoms with Crippen LogP contribution in [0.4, 0.5) is 0 Å². The monoisotopic (exact) mass is 813 g/mol. The third kappa shape index (κ3) is 9.28. The summed E-state index contributed by atoms with van der Waals surface area (Å²) in [5.41, 5.74) is 22.0. The first-order chi connectivity index (χ1) is 23.9. The normalized spacial score (nSPS) is 10.3. The molecule has 0 aliphatic carbocycles. The molecular weight excluding hydrogens is 785 g/mol. The molecule has 0 saturated carbocycles. The highest BCUT2D eigenvalue weighted by molar-refractivity contribution is 9.10. The Morgan fingerprint density at radius 3 is 1.59 bits per heavy atom. The van der Waals surface area contributed by atoms with E-state index in [2.05, 4.69) is 51.8 Å². The van der Waals surface area contributed by atoms with Crippen LogP contribution >= 0.6 is 31.9 Å². The minimum atomic E-state index is -1.51. The van der Waals surface area contributed by atoms with Crippen LogP contribution in [0.2, 0.25) is 0 Å². The molecule has 14 nitrogen and oxygen atoms in total. The summed E-state index contributed by atoms with van der Waals surface area (Å²) in [5.74, 6) is -1.47. The average molecular weight is 815 g/mol. The number of carbonyl (C=O) groups excluding carboxylic acids is 3. The molecule has 4 aromatic heterocycles. The summed E-state index contributed by atoms with van der Waals surface area (Å²) in [7, 11) is -1.51. The molecule has 8 N–H and O–H groups in total. The summed E-state index contributed by atoms with van der Waals surface area (Å²) >= 11 is 6.62. The van der Waals surface area contributed by atoms with Crippen LogP contribution < -0.4 is 22.7 Å². The number of imidazole rings is 2. The molecule has 3 amide bonds. The van der Waals surface area contributed by atoms with E-state index in [1.807, 2.05) is 33.3 Å². The van der Waals surface area contributed by atoms with Crippen molar-refractivity contribution in [3.8, 4) is 22.5 Å². The van der Waals surface area contributed by atoms with Crippen molar-refractivity contribution in [3.05, 3.63) is 136 Å². The van der Waals surface area contributed by atoms with Gasteiger partial charge in [0.15, 0.2) is 11.3 Å². The number of carbonyl (C=O) groups is 3. The Kier molecular flexibility index (Phi) is 12.5. The fraction of sp³-hybridized carbons (Fsp3) is 0.0294. The topological polar surface area (TPSA) is 230 Å². The highest BCUT2D eigenvalue weighted by Gasteiger charge is 2.11. The molecule has 0 fully saturated rings. The first kappa shape index (κ1) is 38.1. The zero-order valence-corrected chi connectivity index (χ0v) is 28.9. The molecule has 0 aliphatic rings. The van der Waals surface area contributed by atoms with E-state index in [1.54, 1.807) is 61.2 Å². The van der Waals surface area contributed by atoms with Crippen molar-refractivity contribution in [1.82, 2.24) is 28.7 Å². The van der Waals surface area contributed by atoms with Crippen LogP contribution in [0.15, 0.2) is 119 Å². The van der Waals surface area contributed by atoms with Crippen LogP contribution in [0.3, 0.4) is 0 Å². The van der Waals surface area contributed by atoms with Gasteiger partial charge in [0.25, 0.3) is 0 Å². The lowest BCUT2D eigenvalue weighted by molar-refractivity contribution is 0.0992. The molecule has 3 aromatic carbocycles. The van der Waals surface area contributed by atoms with Gasteiger partial charge in [-0.05, 0) is 73.7 Å². The maximum Gasteiger partial charge on any atom is 0.488 e. The molecule has 7 aromatic rings. The number of amides is 3. The van der Waals surface area contributed by atoms with Gasteiger partial charge >= 0.3 is 7.12 Å². The summed E-state index contributed by atoms with van der Waals surface area (Å²) in [4.78, 5) is 50.0. The lowest BCUT2D eigenvalue weighted by Gasteiger charge is -2.06. The number of fused-ring (bicyclic) bond motifs is 2. The van der Waals surface area contributed by atoms with E-state index in [0.717, 1.165) is 37.4 Å². The quantitative estimate of drug-likeness (QED) is 0.154. The molecule has 4 heterocycles. The Bertz CT molecular complexity index is 2310. The second-order valence-electron chi connectivity index (χ2n) is 10.4. The zero-order chi connectivity index (χ0) is 35.9. The molecule has 258 valence electrons. The second-order valence-corrected chi connectivity index (χ2v) is 12.0. The van der Waals surface area contributed by atoms with Gasteiger partial charge in [0.2, 0.25) is 17.7 Å². The average Bonchev–Trinajstić information content (AvgIpc) is 3.71. The van der Waals surface area contributed by atoms with Gasteiger partial charge in [-0.3, -0.25) is 28.2 Å². The van der Waals surface area contributed by atoms with Crippen LogP contribution in [-0.2, 0) is 0 Å². The molecule has 0 bridgehead atoms. The Labute approximate surface area is 308 Å². The first-order valence-electron chi connectivity index (χ1n) is 14.4. The number of aromatic nitrogens is 6. The van der Waals surface area contributed by atoms with Crippen LogP contribution in [0.5, 0.6) is 0 Å². The number of nitrogens with two attached hydrogens (primary N) is 3. The molecule has 7 rings (SSSR count). The summed E-state index contributed by atoms with van der Waals surface area (Å²) in [5, 5.41) is 17.4. The largest absolute Gasteiger partial charge is 0.488 e. The van der Waals surface area contributed by atoms with Crippen LogP contribution in [0.25, 0.3) is 33.8 Å². The van der Waals surface area contributed by atoms with E-state index in [1.165, 1.54) is 24.3 Å². The summed E-state index contributed by atoms with van der Waals surface area (Å²) in [6.07, 6.45) is 10.6. The molecule has 0 saturated heterocycles. The van der Waals surface area contributed by atoms with Crippen LogP contribution in [0, 0.1) is 0 Å². The van der Waals surface area contributed by atoms with Crippen molar-refractivity contribution in [2.45, 2.75) is 7.43 Å². The number of benzene rings is 3. The number of primary amides is 3. The maximum atomic E-state index is 11.2. The molecule has 51 heavy (non-hydrogen) atoms. The fourth-order valence-electron chi connectivity index (χ4n) is 4.52. The van der Waals surface area contributed by atoms with Crippen molar-refractivity contribution in [1.29, 1.82) is 0 Å². The Balaban J connectivity index is 0.000000201. The molecule has 0 radical (unpaired) electrons. The predicted molar refractivity (Wildman–Crippen MR) is 201 cm³/mol. The predicted octanol–water partition coefficient (Wildman–Crippen LogP) is 3.62. The Morgan fingerprint density at radius 1 is 0.588 bits per heavy atom. The highest BCUT2D eigenvalue weighted by Crippen LogP contribution is 2.24. The van der Waals surface area contributed by atoms with Crippen molar-refractivity contribution in [2.24, 2.45) is 17.2 Å². The van der Waals surface area contributed by atoms with Crippen molar-refractivity contribution in [2.75, 3.05) is 0 Å². The van der Waals surface area contributed by atoms with Gasteiger partial charge in [-0.15, -0.1) is 0 Å². The van der Waals surface area contributed by atoms with E-state index in [9.17, 15) is 14.4 Å². The van der Waals surface area contributed by atoms with E-state index in [4.69, 9.17) is 27.2 Å². The maximum absolute atomic E-state index is 11.2.